The zero-order valence-corrected chi connectivity index (χ0v) is 9.14. The van der Waals surface area contributed by atoms with Crippen molar-refractivity contribution in [1.29, 1.82) is 0 Å². The average Bonchev–Trinajstić information content (AvgIpc) is 2.61. The Kier molecular flexibility index (Phi) is 2.48. The summed E-state index contributed by atoms with van der Waals surface area (Å²) in [6.45, 7) is 1.95. The first kappa shape index (κ1) is 10.4. The SMILES string of the molecule is Cc1ccccc1-c1c(C(=O)O)cnn1C. The molecule has 0 spiro atoms. The molecule has 0 atom stereocenters. The van der Waals surface area contributed by atoms with Gasteiger partial charge in [0.25, 0.3) is 0 Å². The summed E-state index contributed by atoms with van der Waals surface area (Å²) in [6.07, 6.45) is 1.38. The summed E-state index contributed by atoms with van der Waals surface area (Å²) in [5.74, 6) is -0.952. The molecule has 0 unspecified atom stereocenters. The Morgan fingerprint density at radius 3 is 2.69 bits per heavy atom. The molecule has 0 aliphatic carbocycles. The second-order valence-corrected chi connectivity index (χ2v) is 3.65. The van der Waals surface area contributed by atoms with Crippen LogP contribution in [0.4, 0.5) is 0 Å². The number of carboxylic acids is 1. The van der Waals surface area contributed by atoms with E-state index in [0.717, 1.165) is 11.1 Å². The Morgan fingerprint density at radius 1 is 1.38 bits per heavy atom. The first-order valence-electron chi connectivity index (χ1n) is 4.92. The fourth-order valence-electron chi connectivity index (χ4n) is 1.75. The van der Waals surface area contributed by atoms with Crippen molar-refractivity contribution < 1.29 is 9.90 Å². The van der Waals surface area contributed by atoms with Crippen molar-refractivity contribution in [3.63, 3.8) is 0 Å². The zero-order chi connectivity index (χ0) is 11.7. The number of benzene rings is 1. The van der Waals surface area contributed by atoms with Crippen molar-refractivity contribution in [1.82, 2.24) is 9.78 Å². The van der Waals surface area contributed by atoms with Gasteiger partial charge < -0.3 is 5.11 Å². The molecule has 1 aromatic heterocycles. The van der Waals surface area contributed by atoms with Gasteiger partial charge in [-0.15, -0.1) is 0 Å². The van der Waals surface area contributed by atoms with Crippen molar-refractivity contribution in [3.8, 4) is 11.3 Å². The quantitative estimate of drug-likeness (QED) is 0.836. The van der Waals surface area contributed by atoms with Gasteiger partial charge in [0.1, 0.15) is 5.56 Å². The third-order valence-electron chi connectivity index (χ3n) is 2.57. The highest BCUT2D eigenvalue weighted by atomic mass is 16.4. The summed E-state index contributed by atoms with van der Waals surface area (Å²) >= 11 is 0. The molecular formula is C12H12N2O2. The molecule has 1 heterocycles. The lowest BCUT2D eigenvalue weighted by atomic mass is 10.0. The van der Waals surface area contributed by atoms with Crippen LogP contribution >= 0.6 is 0 Å². The summed E-state index contributed by atoms with van der Waals surface area (Å²) in [7, 11) is 1.74. The summed E-state index contributed by atoms with van der Waals surface area (Å²) in [5.41, 5.74) is 2.82. The molecule has 0 saturated heterocycles. The van der Waals surface area contributed by atoms with Crippen molar-refractivity contribution in [2.24, 2.45) is 7.05 Å². The van der Waals surface area contributed by atoms with Gasteiger partial charge in [-0.25, -0.2) is 4.79 Å². The molecule has 0 aliphatic heterocycles. The Labute approximate surface area is 93.1 Å². The normalized spacial score (nSPS) is 10.4. The van der Waals surface area contributed by atoms with Gasteiger partial charge in [0.15, 0.2) is 0 Å². The van der Waals surface area contributed by atoms with Gasteiger partial charge in [0, 0.05) is 12.6 Å². The maximum Gasteiger partial charge on any atom is 0.339 e. The summed E-state index contributed by atoms with van der Waals surface area (Å²) in [5, 5.41) is 13.1. The summed E-state index contributed by atoms with van der Waals surface area (Å²) in [6, 6.07) is 7.67. The maximum atomic E-state index is 11.1. The zero-order valence-electron chi connectivity index (χ0n) is 9.14. The Balaban J connectivity index is 2.68. The minimum absolute atomic E-state index is 0.233. The molecule has 0 fully saturated rings. The Hall–Kier alpha value is -2.10. The molecule has 16 heavy (non-hydrogen) atoms. The van der Waals surface area contributed by atoms with Crippen LogP contribution < -0.4 is 0 Å². The van der Waals surface area contributed by atoms with Crippen molar-refractivity contribution in [2.75, 3.05) is 0 Å². The van der Waals surface area contributed by atoms with Gasteiger partial charge in [-0.05, 0) is 12.5 Å². The highest BCUT2D eigenvalue weighted by molar-refractivity contribution is 5.95. The molecule has 82 valence electrons. The molecule has 0 aliphatic rings. The van der Waals surface area contributed by atoms with Crippen LogP contribution in [-0.4, -0.2) is 20.9 Å². The van der Waals surface area contributed by atoms with E-state index in [1.165, 1.54) is 6.20 Å². The second-order valence-electron chi connectivity index (χ2n) is 3.65. The molecule has 0 radical (unpaired) electrons. The number of carbonyl (C=O) groups is 1. The number of nitrogens with zero attached hydrogens (tertiary/aromatic N) is 2. The van der Waals surface area contributed by atoms with Crippen LogP contribution in [0.2, 0.25) is 0 Å². The summed E-state index contributed by atoms with van der Waals surface area (Å²) < 4.78 is 1.59. The minimum Gasteiger partial charge on any atom is -0.478 e. The monoisotopic (exact) mass is 216 g/mol. The van der Waals surface area contributed by atoms with E-state index in [1.54, 1.807) is 11.7 Å². The van der Waals surface area contributed by atoms with E-state index in [2.05, 4.69) is 5.10 Å². The molecular weight excluding hydrogens is 204 g/mol. The lowest BCUT2D eigenvalue weighted by Crippen LogP contribution is -2.01. The van der Waals surface area contributed by atoms with Crippen LogP contribution in [0.15, 0.2) is 30.5 Å². The van der Waals surface area contributed by atoms with Crippen LogP contribution in [0.5, 0.6) is 0 Å². The van der Waals surface area contributed by atoms with E-state index < -0.39 is 5.97 Å². The number of carboxylic acid groups (broad SMARTS) is 1. The van der Waals surface area contributed by atoms with Crippen LogP contribution in [0.3, 0.4) is 0 Å². The third kappa shape index (κ3) is 1.58. The topological polar surface area (TPSA) is 55.1 Å². The predicted octanol–water partition coefficient (Wildman–Crippen LogP) is 2.09. The first-order chi connectivity index (χ1) is 7.61. The van der Waals surface area contributed by atoms with Crippen LogP contribution in [0.1, 0.15) is 15.9 Å². The molecule has 0 bridgehead atoms. The summed E-state index contributed by atoms with van der Waals surface area (Å²) in [4.78, 5) is 11.1. The highest BCUT2D eigenvalue weighted by Gasteiger charge is 2.17. The first-order valence-corrected chi connectivity index (χ1v) is 4.92. The number of rotatable bonds is 2. The lowest BCUT2D eigenvalue weighted by Gasteiger charge is -2.07. The largest absolute Gasteiger partial charge is 0.478 e. The fraction of sp³-hybridized carbons (Fsp3) is 0.167. The Morgan fingerprint density at radius 2 is 2.06 bits per heavy atom. The standard InChI is InChI=1S/C12H12N2O2/c1-8-5-3-4-6-9(8)11-10(12(15)16)7-13-14(11)2/h3-7H,1-2H3,(H,15,16). The van der Waals surface area contributed by atoms with Crippen LogP contribution in [0.25, 0.3) is 11.3 Å². The fourth-order valence-corrected chi connectivity index (χ4v) is 1.75. The van der Waals surface area contributed by atoms with Crippen molar-refractivity contribution >= 4 is 5.97 Å². The molecule has 4 heteroatoms. The Bertz CT molecular complexity index is 544. The van der Waals surface area contributed by atoms with Gasteiger partial charge in [0.05, 0.1) is 11.9 Å². The minimum atomic E-state index is -0.952. The van der Waals surface area contributed by atoms with E-state index in [1.807, 2.05) is 31.2 Å². The highest BCUT2D eigenvalue weighted by Crippen LogP contribution is 2.25. The van der Waals surface area contributed by atoms with E-state index >= 15 is 0 Å². The van der Waals surface area contributed by atoms with E-state index in [9.17, 15) is 4.79 Å². The number of aryl methyl sites for hydroxylation is 2. The maximum absolute atomic E-state index is 11.1. The lowest BCUT2D eigenvalue weighted by molar-refractivity contribution is 0.0697. The van der Waals surface area contributed by atoms with Gasteiger partial charge >= 0.3 is 5.97 Å². The molecule has 0 amide bonds. The molecule has 2 rings (SSSR count). The number of hydrogen-bond donors (Lipinski definition) is 1. The van der Waals surface area contributed by atoms with Gasteiger partial charge in [0.2, 0.25) is 0 Å². The predicted molar refractivity (Wildman–Crippen MR) is 60.3 cm³/mol. The third-order valence-corrected chi connectivity index (χ3v) is 2.57. The van der Waals surface area contributed by atoms with Crippen LogP contribution in [0, 0.1) is 6.92 Å². The van der Waals surface area contributed by atoms with Gasteiger partial charge in [-0.3, -0.25) is 4.68 Å². The number of aromatic carboxylic acids is 1. The number of hydrogen-bond acceptors (Lipinski definition) is 2. The second kappa shape index (κ2) is 3.81. The van der Waals surface area contributed by atoms with Crippen molar-refractivity contribution in [2.45, 2.75) is 6.92 Å². The van der Waals surface area contributed by atoms with Gasteiger partial charge in [-0.1, -0.05) is 24.3 Å². The van der Waals surface area contributed by atoms with E-state index in [-0.39, 0.29) is 5.56 Å². The van der Waals surface area contributed by atoms with Crippen molar-refractivity contribution in [3.05, 3.63) is 41.6 Å². The van der Waals surface area contributed by atoms with E-state index in [0.29, 0.717) is 5.69 Å². The molecule has 1 N–H and O–H groups in total. The molecule has 2 aromatic rings. The van der Waals surface area contributed by atoms with Crippen LogP contribution in [-0.2, 0) is 7.05 Å². The molecule has 4 nitrogen and oxygen atoms in total. The number of aromatic nitrogens is 2. The van der Waals surface area contributed by atoms with E-state index in [4.69, 9.17) is 5.11 Å². The smallest absolute Gasteiger partial charge is 0.339 e. The van der Waals surface area contributed by atoms with Gasteiger partial charge in [-0.2, -0.15) is 5.10 Å². The molecule has 1 aromatic carbocycles. The average molecular weight is 216 g/mol. The molecule has 0 saturated carbocycles.